The topological polar surface area (TPSA) is 49.3 Å². The Bertz CT molecular complexity index is 174. The maximum atomic E-state index is 10.2. The number of aliphatic carboxylic acids is 1. The molecule has 0 aliphatic heterocycles. The molecule has 0 spiro atoms. The first-order chi connectivity index (χ1) is 6.16. The van der Waals surface area contributed by atoms with Crippen LogP contribution in [0.25, 0.3) is 0 Å². The van der Waals surface area contributed by atoms with E-state index < -0.39 is 5.97 Å². The molecule has 0 aliphatic rings. The van der Waals surface area contributed by atoms with Gasteiger partial charge in [-0.15, -0.1) is 0 Å². The first-order valence-corrected chi connectivity index (χ1v) is 5.68. The van der Waals surface area contributed by atoms with Crippen molar-refractivity contribution in [2.24, 2.45) is 0 Å². The second-order valence-electron chi connectivity index (χ2n) is 2.56. The van der Waals surface area contributed by atoms with Gasteiger partial charge in [-0.2, -0.15) is 0 Å². The van der Waals surface area contributed by atoms with Crippen LogP contribution < -0.4 is 5.32 Å². The SMILES string of the molecule is CCCCNC(=S)SCCC(=O)O. The van der Waals surface area contributed by atoms with Gasteiger partial charge in [0.2, 0.25) is 0 Å². The normalized spacial score (nSPS) is 9.62. The summed E-state index contributed by atoms with van der Waals surface area (Å²) in [6, 6.07) is 0. The maximum Gasteiger partial charge on any atom is 0.304 e. The van der Waals surface area contributed by atoms with Crippen molar-refractivity contribution in [1.82, 2.24) is 5.32 Å². The van der Waals surface area contributed by atoms with E-state index in [4.69, 9.17) is 17.3 Å². The van der Waals surface area contributed by atoms with Gasteiger partial charge in [-0.05, 0) is 6.42 Å². The average molecular weight is 221 g/mol. The lowest BCUT2D eigenvalue weighted by atomic mass is 10.3. The standard InChI is InChI=1S/C8H15NO2S2/c1-2-3-5-9-8(12)13-6-4-7(10)11/h2-6H2,1H3,(H,9,12)(H,10,11). The quantitative estimate of drug-likeness (QED) is 0.529. The van der Waals surface area contributed by atoms with E-state index in [-0.39, 0.29) is 6.42 Å². The third-order valence-electron chi connectivity index (χ3n) is 1.35. The highest BCUT2D eigenvalue weighted by atomic mass is 32.2. The number of hydrogen-bond donors (Lipinski definition) is 2. The highest BCUT2D eigenvalue weighted by Gasteiger charge is 1.99. The van der Waals surface area contributed by atoms with Crippen LogP contribution in [0, 0.1) is 0 Å². The number of nitrogens with one attached hydrogen (secondary N) is 1. The Balaban J connectivity index is 3.25. The van der Waals surface area contributed by atoms with Gasteiger partial charge < -0.3 is 10.4 Å². The largest absolute Gasteiger partial charge is 0.481 e. The third kappa shape index (κ3) is 9.63. The zero-order valence-corrected chi connectivity index (χ0v) is 9.34. The van der Waals surface area contributed by atoms with E-state index in [1.807, 2.05) is 0 Å². The van der Waals surface area contributed by atoms with E-state index in [1.165, 1.54) is 11.8 Å². The molecular formula is C8H15NO2S2. The minimum Gasteiger partial charge on any atom is -0.481 e. The predicted octanol–water partition coefficient (Wildman–Crippen LogP) is 1.87. The fourth-order valence-corrected chi connectivity index (χ4v) is 1.67. The highest BCUT2D eigenvalue weighted by Crippen LogP contribution is 2.04. The Labute approximate surface area is 88.3 Å². The van der Waals surface area contributed by atoms with Crippen LogP contribution in [-0.4, -0.2) is 27.7 Å². The lowest BCUT2D eigenvalue weighted by Gasteiger charge is -2.04. The zero-order chi connectivity index (χ0) is 10.1. The first kappa shape index (κ1) is 12.7. The van der Waals surface area contributed by atoms with Crippen LogP contribution >= 0.6 is 24.0 Å². The second kappa shape index (κ2) is 8.31. The number of carboxylic acid groups (broad SMARTS) is 1. The molecule has 2 N–H and O–H groups in total. The van der Waals surface area contributed by atoms with Gasteiger partial charge in [-0.25, -0.2) is 0 Å². The van der Waals surface area contributed by atoms with E-state index in [0.29, 0.717) is 10.1 Å². The molecule has 0 fully saturated rings. The lowest BCUT2D eigenvalue weighted by molar-refractivity contribution is -0.136. The van der Waals surface area contributed by atoms with Crippen LogP contribution in [0.5, 0.6) is 0 Å². The summed E-state index contributed by atoms with van der Waals surface area (Å²) in [5.41, 5.74) is 0. The summed E-state index contributed by atoms with van der Waals surface area (Å²) in [4.78, 5) is 10.2. The van der Waals surface area contributed by atoms with Crippen molar-refractivity contribution in [2.45, 2.75) is 26.2 Å². The van der Waals surface area contributed by atoms with Crippen LogP contribution in [0.4, 0.5) is 0 Å². The molecule has 0 unspecified atom stereocenters. The predicted molar refractivity (Wildman–Crippen MR) is 60.2 cm³/mol. The smallest absolute Gasteiger partial charge is 0.304 e. The molecule has 0 radical (unpaired) electrons. The van der Waals surface area contributed by atoms with Gasteiger partial charge in [-0.1, -0.05) is 37.3 Å². The Morgan fingerprint density at radius 3 is 2.85 bits per heavy atom. The van der Waals surface area contributed by atoms with Crippen molar-refractivity contribution in [1.29, 1.82) is 0 Å². The van der Waals surface area contributed by atoms with Crippen molar-refractivity contribution < 1.29 is 9.90 Å². The van der Waals surface area contributed by atoms with Crippen molar-refractivity contribution in [3.63, 3.8) is 0 Å². The fraction of sp³-hybridized carbons (Fsp3) is 0.750. The average Bonchev–Trinajstić information content (AvgIpc) is 2.04. The van der Waals surface area contributed by atoms with Crippen LogP contribution in [0.2, 0.25) is 0 Å². The molecule has 0 amide bonds. The summed E-state index contributed by atoms with van der Waals surface area (Å²) in [6.45, 7) is 3.00. The van der Waals surface area contributed by atoms with Gasteiger partial charge in [0.25, 0.3) is 0 Å². The van der Waals surface area contributed by atoms with Gasteiger partial charge in [0.1, 0.15) is 4.32 Å². The summed E-state index contributed by atoms with van der Waals surface area (Å²) < 4.78 is 0.703. The Morgan fingerprint density at radius 1 is 1.62 bits per heavy atom. The number of hydrogen-bond acceptors (Lipinski definition) is 3. The van der Waals surface area contributed by atoms with E-state index in [2.05, 4.69) is 12.2 Å². The molecule has 0 aliphatic carbocycles. The second-order valence-corrected chi connectivity index (χ2v) is 4.33. The van der Waals surface area contributed by atoms with Crippen molar-refractivity contribution >= 4 is 34.3 Å². The van der Waals surface area contributed by atoms with Crippen molar-refractivity contribution in [3.8, 4) is 0 Å². The Kier molecular flexibility index (Phi) is 8.13. The monoisotopic (exact) mass is 221 g/mol. The van der Waals surface area contributed by atoms with Gasteiger partial charge >= 0.3 is 5.97 Å². The van der Waals surface area contributed by atoms with Gasteiger partial charge in [0.15, 0.2) is 0 Å². The molecule has 0 heterocycles. The van der Waals surface area contributed by atoms with Crippen LogP contribution in [0.1, 0.15) is 26.2 Å². The van der Waals surface area contributed by atoms with Gasteiger partial charge in [0.05, 0.1) is 6.42 Å². The van der Waals surface area contributed by atoms with E-state index in [0.717, 1.165) is 19.4 Å². The van der Waals surface area contributed by atoms with Crippen LogP contribution in [0.15, 0.2) is 0 Å². The lowest BCUT2D eigenvalue weighted by Crippen LogP contribution is -2.19. The number of unbranched alkanes of at least 4 members (excludes halogenated alkanes) is 1. The van der Waals surface area contributed by atoms with Gasteiger partial charge in [0, 0.05) is 12.3 Å². The third-order valence-corrected chi connectivity index (χ3v) is 2.66. The molecule has 76 valence electrons. The molecule has 0 aromatic rings. The Hall–Kier alpha value is -0.290. The van der Waals surface area contributed by atoms with Crippen molar-refractivity contribution in [3.05, 3.63) is 0 Å². The number of rotatable bonds is 6. The molecule has 0 aromatic carbocycles. The minimum atomic E-state index is -0.774. The summed E-state index contributed by atoms with van der Waals surface area (Å²) in [5, 5.41) is 11.4. The van der Waals surface area contributed by atoms with E-state index in [1.54, 1.807) is 0 Å². The van der Waals surface area contributed by atoms with Gasteiger partial charge in [-0.3, -0.25) is 4.79 Å². The van der Waals surface area contributed by atoms with Crippen molar-refractivity contribution in [2.75, 3.05) is 12.3 Å². The molecule has 0 rings (SSSR count). The molecule has 13 heavy (non-hydrogen) atoms. The molecule has 0 atom stereocenters. The first-order valence-electron chi connectivity index (χ1n) is 4.29. The minimum absolute atomic E-state index is 0.167. The number of thiocarbonyl (C=S) groups is 1. The highest BCUT2D eigenvalue weighted by molar-refractivity contribution is 8.22. The molecule has 0 aromatic heterocycles. The summed E-state index contributed by atoms with van der Waals surface area (Å²) in [6.07, 6.45) is 2.40. The maximum absolute atomic E-state index is 10.2. The number of carbonyl (C=O) groups is 1. The fourth-order valence-electron chi connectivity index (χ4n) is 0.649. The zero-order valence-electron chi connectivity index (χ0n) is 7.71. The number of thioether (sulfide) groups is 1. The van der Waals surface area contributed by atoms with Crippen LogP contribution in [0.3, 0.4) is 0 Å². The molecule has 0 bridgehead atoms. The van der Waals surface area contributed by atoms with E-state index in [9.17, 15) is 4.79 Å². The molecule has 5 heteroatoms. The summed E-state index contributed by atoms with van der Waals surface area (Å²) in [5.74, 6) is -0.225. The van der Waals surface area contributed by atoms with E-state index >= 15 is 0 Å². The molecular weight excluding hydrogens is 206 g/mol. The molecule has 0 saturated carbocycles. The molecule has 0 saturated heterocycles. The van der Waals surface area contributed by atoms with Crippen LogP contribution in [-0.2, 0) is 4.79 Å². The summed E-state index contributed by atoms with van der Waals surface area (Å²) >= 11 is 6.37. The number of carboxylic acids is 1. The Morgan fingerprint density at radius 2 is 2.31 bits per heavy atom. The summed E-state index contributed by atoms with van der Waals surface area (Å²) in [7, 11) is 0. The molecule has 3 nitrogen and oxygen atoms in total.